The van der Waals surface area contributed by atoms with Gasteiger partial charge in [0.05, 0.1) is 10.6 Å². The molecule has 100 valence electrons. The van der Waals surface area contributed by atoms with Crippen LogP contribution >= 0.6 is 27.5 Å². The minimum Gasteiger partial charge on any atom is -0.362 e. The van der Waals surface area contributed by atoms with Crippen molar-refractivity contribution < 1.29 is 0 Å². The number of anilines is 1. The molecule has 1 aromatic rings. The van der Waals surface area contributed by atoms with Gasteiger partial charge in [0.1, 0.15) is 5.82 Å². The zero-order valence-electron chi connectivity index (χ0n) is 10.5. The summed E-state index contributed by atoms with van der Waals surface area (Å²) < 4.78 is 0.886. The smallest absolute Gasteiger partial charge is 0.145 e. The van der Waals surface area contributed by atoms with E-state index in [-0.39, 0.29) is 5.54 Å². The van der Waals surface area contributed by atoms with Crippen LogP contribution in [-0.2, 0) is 0 Å². The van der Waals surface area contributed by atoms with Gasteiger partial charge < -0.3 is 11.1 Å². The van der Waals surface area contributed by atoms with Crippen LogP contribution in [0.1, 0.15) is 32.6 Å². The Balaban J connectivity index is 2.24. The van der Waals surface area contributed by atoms with Crippen LogP contribution in [0.4, 0.5) is 5.82 Å². The maximum atomic E-state index is 6.22. The minimum absolute atomic E-state index is 0.0667. The van der Waals surface area contributed by atoms with E-state index in [1.807, 2.05) is 6.07 Å². The largest absolute Gasteiger partial charge is 0.362 e. The SMILES string of the molecule is CC1CCCCC1(CN)Nc1ncc(Br)cc1Cl. The molecule has 1 aromatic heterocycles. The monoisotopic (exact) mass is 331 g/mol. The molecular weight excluding hydrogens is 314 g/mol. The molecule has 0 spiro atoms. The maximum Gasteiger partial charge on any atom is 0.145 e. The van der Waals surface area contributed by atoms with E-state index in [1.165, 1.54) is 19.3 Å². The van der Waals surface area contributed by atoms with E-state index in [2.05, 4.69) is 33.2 Å². The van der Waals surface area contributed by atoms with Crippen molar-refractivity contribution in [3.63, 3.8) is 0 Å². The second kappa shape index (κ2) is 5.76. The van der Waals surface area contributed by atoms with E-state index in [1.54, 1.807) is 6.20 Å². The summed E-state index contributed by atoms with van der Waals surface area (Å²) in [5.74, 6) is 1.27. The molecule has 1 aliphatic rings. The van der Waals surface area contributed by atoms with E-state index in [4.69, 9.17) is 17.3 Å². The third-order valence-corrected chi connectivity index (χ3v) is 4.71. The first-order valence-corrected chi connectivity index (χ1v) is 7.54. The van der Waals surface area contributed by atoms with Crippen molar-refractivity contribution in [1.82, 2.24) is 4.98 Å². The Bertz CT molecular complexity index is 427. The van der Waals surface area contributed by atoms with Crippen molar-refractivity contribution in [1.29, 1.82) is 0 Å². The highest BCUT2D eigenvalue weighted by atomic mass is 79.9. The summed E-state index contributed by atoms with van der Waals surface area (Å²) in [6.07, 6.45) is 6.54. The molecule has 1 saturated carbocycles. The molecule has 0 aliphatic heterocycles. The van der Waals surface area contributed by atoms with Gasteiger partial charge in [0.15, 0.2) is 0 Å². The number of halogens is 2. The molecule has 2 rings (SSSR count). The van der Waals surface area contributed by atoms with Gasteiger partial charge in [0.25, 0.3) is 0 Å². The molecule has 0 amide bonds. The number of hydrogen-bond acceptors (Lipinski definition) is 3. The van der Waals surface area contributed by atoms with Crippen molar-refractivity contribution in [2.75, 3.05) is 11.9 Å². The molecule has 5 heteroatoms. The van der Waals surface area contributed by atoms with Crippen molar-refractivity contribution in [2.24, 2.45) is 11.7 Å². The quantitative estimate of drug-likeness (QED) is 0.884. The van der Waals surface area contributed by atoms with Crippen LogP contribution in [0.25, 0.3) is 0 Å². The standard InChI is InChI=1S/C13H19BrClN3/c1-9-4-2-3-5-13(9,8-16)18-12-11(15)6-10(14)7-17-12/h6-7,9H,2-5,8,16H2,1H3,(H,17,18). The van der Waals surface area contributed by atoms with E-state index in [0.29, 0.717) is 17.5 Å². The molecule has 0 aromatic carbocycles. The van der Waals surface area contributed by atoms with E-state index in [0.717, 1.165) is 16.7 Å². The number of hydrogen-bond donors (Lipinski definition) is 2. The Morgan fingerprint density at radius 2 is 2.39 bits per heavy atom. The van der Waals surface area contributed by atoms with Gasteiger partial charge in [-0.15, -0.1) is 0 Å². The zero-order valence-corrected chi connectivity index (χ0v) is 12.9. The van der Waals surface area contributed by atoms with Crippen LogP contribution in [-0.4, -0.2) is 17.1 Å². The third kappa shape index (κ3) is 2.81. The summed E-state index contributed by atoms with van der Waals surface area (Å²) in [5, 5.41) is 4.13. The Morgan fingerprint density at radius 3 is 3.00 bits per heavy atom. The van der Waals surface area contributed by atoms with Gasteiger partial charge in [0, 0.05) is 17.2 Å². The van der Waals surface area contributed by atoms with Crippen LogP contribution in [0, 0.1) is 5.92 Å². The van der Waals surface area contributed by atoms with E-state index >= 15 is 0 Å². The third-order valence-electron chi connectivity index (χ3n) is 3.99. The predicted octanol–water partition coefficient (Wildman–Crippen LogP) is 3.82. The summed E-state index contributed by atoms with van der Waals surface area (Å²) in [5.41, 5.74) is 5.95. The summed E-state index contributed by atoms with van der Waals surface area (Å²) in [7, 11) is 0. The second-order valence-corrected chi connectivity index (χ2v) is 6.44. The Hall–Kier alpha value is -0.320. The van der Waals surface area contributed by atoms with Crippen molar-refractivity contribution in [2.45, 2.75) is 38.1 Å². The van der Waals surface area contributed by atoms with Gasteiger partial charge in [-0.05, 0) is 40.8 Å². The average molecular weight is 333 g/mol. The maximum absolute atomic E-state index is 6.22. The highest BCUT2D eigenvalue weighted by molar-refractivity contribution is 9.10. The lowest BCUT2D eigenvalue weighted by Crippen LogP contribution is -2.52. The summed E-state index contributed by atoms with van der Waals surface area (Å²) >= 11 is 9.58. The highest BCUT2D eigenvalue weighted by Crippen LogP contribution is 2.37. The fourth-order valence-electron chi connectivity index (χ4n) is 2.70. The minimum atomic E-state index is -0.0667. The predicted molar refractivity (Wildman–Crippen MR) is 80.0 cm³/mol. The first kappa shape index (κ1) is 14.1. The first-order chi connectivity index (χ1) is 8.57. The molecule has 3 N–H and O–H groups in total. The molecule has 0 radical (unpaired) electrons. The molecule has 1 heterocycles. The molecule has 18 heavy (non-hydrogen) atoms. The average Bonchev–Trinajstić information content (AvgIpc) is 2.35. The van der Waals surface area contributed by atoms with Gasteiger partial charge in [-0.1, -0.05) is 31.4 Å². The van der Waals surface area contributed by atoms with Crippen LogP contribution in [0.2, 0.25) is 5.02 Å². The van der Waals surface area contributed by atoms with E-state index < -0.39 is 0 Å². The van der Waals surface area contributed by atoms with Crippen LogP contribution in [0.3, 0.4) is 0 Å². The molecule has 2 atom stereocenters. The van der Waals surface area contributed by atoms with Crippen LogP contribution < -0.4 is 11.1 Å². The van der Waals surface area contributed by atoms with Crippen LogP contribution in [0.5, 0.6) is 0 Å². The topological polar surface area (TPSA) is 50.9 Å². The van der Waals surface area contributed by atoms with Crippen molar-refractivity contribution >= 4 is 33.3 Å². The summed E-state index contributed by atoms with van der Waals surface area (Å²) in [6.45, 7) is 2.87. The number of nitrogens with two attached hydrogens (primary N) is 1. The normalized spacial score (nSPS) is 28.1. The fourth-order valence-corrected chi connectivity index (χ4v) is 3.37. The van der Waals surface area contributed by atoms with Gasteiger partial charge in [-0.25, -0.2) is 4.98 Å². The number of nitrogens with zero attached hydrogens (tertiary/aromatic N) is 1. The molecule has 0 bridgehead atoms. The van der Waals surface area contributed by atoms with Gasteiger partial charge >= 0.3 is 0 Å². The number of nitrogens with one attached hydrogen (secondary N) is 1. The molecule has 0 saturated heterocycles. The Labute approximate surface area is 122 Å². The number of rotatable bonds is 3. The molecule has 1 fully saturated rings. The lowest BCUT2D eigenvalue weighted by atomic mass is 9.73. The Morgan fingerprint density at radius 1 is 1.61 bits per heavy atom. The van der Waals surface area contributed by atoms with Gasteiger partial charge in [-0.2, -0.15) is 0 Å². The summed E-state index contributed by atoms with van der Waals surface area (Å²) in [4.78, 5) is 4.35. The molecule has 2 unspecified atom stereocenters. The first-order valence-electron chi connectivity index (χ1n) is 6.37. The van der Waals surface area contributed by atoms with Crippen molar-refractivity contribution in [3.05, 3.63) is 21.8 Å². The highest BCUT2D eigenvalue weighted by Gasteiger charge is 2.37. The van der Waals surface area contributed by atoms with Crippen LogP contribution in [0.15, 0.2) is 16.7 Å². The fraction of sp³-hybridized carbons (Fsp3) is 0.615. The number of pyridine rings is 1. The molecule has 1 aliphatic carbocycles. The lowest BCUT2D eigenvalue weighted by Gasteiger charge is -2.43. The van der Waals surface area contributed by atoms with Gasteiger partial charge in [-0.3, -0.25) is 0 Å². The molecular formula is C13H19BrClN3. The summed E-state index contributed by atoms with van der Waals surface area (Å²) in [6, 6.07) is 1.86. The van der Waals surface area contributed by atoms with Gasteiger partial charge in [0.2, 0.25) is 0 Å². The lowest BCUT2D eigenvalue weighted by molar-refractivity contribution is 0.235. The second-order valence-electron chi connectivity index (χ2n) is 5.12. The van der Waals surface area contributed by atoms with E-state index in [9.17, 15) is 0 Å². The number of aromatic nitrogens is 1. The van der Waals surface area contributed by atoms with Crippen molar-refractivity contribution in [3.8, 4) is 0 Å². The zero-order chi connectivity index (χ0) is 13.2. The Kier molecular flexibility index (Phi) is 4.51. The molecule has 3 nitrogen and oxygen atoms in total.